The fraction of sp³-hybridized carbons (Fsp3) is 0.714. The molecule has 20 heavy (non-hydrogen) atoms. The van der Waals surface area contributed by atoms with Gasteiger partial charge in [0.1, 0.15) is 0 Å². The van der Waals surface area contributed by atoms with E-state index in [1.54, 1.807) is 7.11 Å². The van der Waals surface area contributed by atoms with Crippen molar-refractivity contribution >= 4 is 5.91 Å². The zero-order valence-electron chi connectivity index (χ0n) is 12.2. The van der Waals surface area contributed by atoms with Crippen LogP contribution in [0.4, 0.5) is 0 Å². The molecule has 0 saturated carbocycles. The minimum atomic E-state index is 0.278. The van der Waals surface area contributed by atoms with Crippen LogP contribution >= 0.6 is 0 Å². The van der Waals surface area contributed by atoms with Crippen molar-refractivity contribution in [2.24, 2.45) is 0 Å². The van der Waals surface area contributed by atoms with E-state index in [1.165, 1.54) is 5.56 Å². The normalized spacial score (nSPS) is 16.6. The summed E-state index contributed by atoms with van der Waals surface area (Å²) in [6.07, 6.45) is 6.14. The Morgan fingerprint density at radius 3 is 2.85 bits per heavy atom. The number of aromatic nitrogens is 2. The van der Waals surface area contributed by atoms with Crippen LogP contribution in [0, 0.1) is 0 Å². The molecule has 1 saturated heterocycles. The van der Waals surface area contributed by atoms with Crippen LogP contribution in [-0.2, 0) is 16.0 Å². The maximum Gasteiger partial charge on any atom is 0.222 e. The number of ether oxygens (including phenoxy) is 1. The third kappa shape index (κ3) is 4.61. The number of hydrogen-bond donors (Lipinski definition) is 1. The number of carbonyl (C=O) groups excluding carboxylic acids is 1. The first-order valence-corrected chi connectivity index (χ1v) is 7.26. The fourth-order valence-electron chi connectivity index (χ4n) is 2.46. The summed E-state index contributed by atoms with van der Waals surface area (Å²) in [5, 5.41) is 6.70. The first-order valence-electron chi connectivity index (χ1n) is 7.26. The van der Waals surface area contributed by atoms with Gasteiger partial charge in [-0.05, 0) is 18.4 Å². The van der Waals surface area contributed by atoms with Crippen LogP contribution in [0.1, 0.15) is 18.4 Å². The molecule has 1 aromatic rings. The Morgan fingerprint density at radius 1 is 1.40 bits per heavy atom. The largest absolute Gasteiger partial charge is 0.383 e. The molecular weight excluding hydrogens is 256 g/mol. The zero-order valence-corrected chi connectivity index (χ0v) is 12.2. The van der Waals surface area contributed by atoms with Crippen molar-refractivity contribution in [1.82, 2.24) is 20.0 Å². The second kappa shape index (κ2) is 8.01. The summed E-state index contributed by atoms with van der Waals surface area (Å²) in [5.74, 6) is 0.278. The molecule has 1 fully saturated rings. The van der Waals surface area contributed by atoms with Crippen LogP contribution in [-0.4, -0.2) is 72.3 Å². The van der Waals surface area contributed by atoms with Gasteiger partial charge in [-0.1, -0.05) is 0 Å². The van der Waals surface area contributed by atoms with E-state index < -0.39 is 0 Å². The molecule has 1 aromatic heterocycles. The Hall–Kier alpha value is -1.40. The lowest BCUT2D eigenvalue weighted by molar-refractivity contribution is -0.133. The Labute approximate surface area is 120 Å². The predicted molar refractivity (Wildman–Crippen MR) is 76.4 cm³/mol. The number of rotatable bonds is 7. The van der Waals surface area contributed by atoms with E-state index in [2.05, 4.69) is 15.1 Å². The van der Waals surface area contributed by atoms with Crippen molar-refractivity contribution in [3.05, 3.63) is 18.0 Å². The fourth-order valence-corrected chi connectivity index (χ4v) is 2.46. The highest BCUT2D eigenvalue weighted by atomic mass is 16.5. The first kappa shape index (κ1) is 15.0. The summed E-state index contributed by atoms with van der Waals surface area (Å²) in [5.41, 5.74) is 1.17. The molecule has 1 aliphatic heterocycles. The van der Waals surface area contributed by atoms with Crippen LogP contribution in [0.5, 0.6) is 0 Å². The summed E-state index contributed by atoms with van der Waals surface area (Å²) in [4.78, 5) is 16.4. The van der Waals surface area contributed by atoms with Gasteiger partial charge in [0.2, 0.25) is 5.91 Å². The number of carbonyl (C=O) groups is 1. The number of aromatic amines is 1. The SMILES string of the molecule is COCCN1CCN(C(=O)CCCc2cn[nH]c2)CC1. The lowest BCUT2D eigenvalue weighted by Crippen LogP contribution is -2.49. The number of H-pyrrole nitrogens is 1. The molecule has 0 bridgehead atoms. The quantitative estimate of drug-likeness (QED) is 0.791. The van der Waals surface area contributed by atoms with E-state index in [9.17, 15) is 4.79 Å². The van der Waals surface area contributed by atoms with Crippen LogP contribution < -0.4 is 0 Å². The third-order valence-electron chi connectivity index (χ3n) is 3.75. The minimum absolute atomic E-state index is 0.278. The molecule has 112 valence electrons. The molecular formula is C14H24N4O2. The van der Waals surface area contributed by atoms with Crippen molar-refractivity contribution in [1.29, 1.82) is 0 Å². The van der Waals surface area contributed by atoms with Crippen LogP contribution in [0.25, 0.3) is 0 Å². The smallest absolute Gasteiger partial charge is 0.222 e. The summed E-state index contributed by atoms with van der Waals surface area (Å²) in [7, 11) is 1.72. The maximum absolute atomic E-state index is 12.1. The third-order valence-corrected chi connectivity index (χ3v) is 3.75. The zero-order chi connectivity index (χ0) is 14.2. The van der Waals surface area contributed by atoms with Gasteiger partial charge in [0, 0.05) is 52.5 Å². The minimum Gasteiger partial charge on any atom is -0.383 e. The second-order valence-corrected chi connectivity index (χ2v) is 5.18. The Kier molecular flexibility index (Phi) is 6.01. The van der Waals surface area contributed by atoms with E-state index in [4.69, 9.17) is 4.74 Å². The highest BCUT2D eigenvalue weighted by molar-refractivity contribution is 5.76. The average Bonchev–Trinajstić information content (AvgIpc) is 2.99. The van der Waals surface area contributed by atoms with Gasteiger partial charge in [-0.25, -0.2) is 0 Å². The van der Waals surface area contributed by atoms with Gasteiger partial charge in [-0.3, -0.25) is 14.8 Å². The lowest BCUT2D eigenvalue weighted by Gasteiger charge is -2.34. The summed E-state index contributed by atoms with van der Waals surface area (Å²) >= 11 is 0. The Morgan fingerprint density at radius 2 is 2.20 bits per heavy atom. The number of hydrogen-bond acceptors (Lipinski definition) is 4. The maximum atomic E-state index is 12.1. The molecule has 0 unspecified atom stereocenters. The predicted octanol–water partition coefficient (Wildman–Crippen LogP) is 0.523. The molecule has 0 atom stereocenters. The first-order chi connectivity index (χ1) is 9.79. The molecule has 2 heterocycles. The summed E-state index contributed by atoms with van der Waals surface area (Å²) in [6, 6.07) is 0. The van der Waals surface area contributed by atoms with Crippen molar-refractivity contribution in [2.45, 2.75) is 19.3 Å². The van der Waals surface area contributed by atoms with Gasteiger partial charge < -0.3 is 9.64 Å². The van der Waals surface area contributed by atoms with Crippen molar-refractivity contribution < 1.29 is 9.53 Å². The van der Waals surface area contributed by atoms with E-state index in [0.29, 0.717) is 6.42 Å². The van der Waals surface area contributed by atoms with E-state index in [1.807, 2.05) is 17.3 Å². The molecule has 1 aliphatic rings. The van der Waals surface area contributed by atoms with Crippen LogP contribution in [0.15, 0.2) is 12.4 Å². The van der Waals surface area contributed by atoms with E-state index in [0.717, 1.165) is 52.2 Å². The van der Waals surface area contributed by atoms with Gasteiger partial charge in [0.15, 0.2) is 0 Å². The van der Waals surface area contributed by atoms with Crippen LogP contribution in [0.3, 0.4) is 0 Å². The summed E-state index contributed by atoms with van der Waals surface area (Å²) < 4.78 is 5.08. The summed E-state index contributed by atoms with van der Waals surface area (Å²) in [6.45, 7) is 5.31. The molecule has 0 radical (unpaired) electrons. The molecule has 1 N–H and O–H groups in total. The van der Waals surface area contributed by atoms with E-state index >= 15 is 0 Å². The van der Waals surface area contributed by atoms with Crippen molar-refractivity contribution in [3.63, 3.8) is 0 Å². The molecule has 0 aromatic carbocycles. The number of nitrogens with one attached hydrogen (secondary N) is 1. The Balaban J connectivity index is 1.61. The monoisotopic (exact) mass is 280 g/mol. The van der Waals surface area contributed by atoms with Gasteiger partial charge >= 0.3 is 0 Å². The van der Waals surface area contributed by atoms with Gasteiger partial charge in [0.25, 0.3) is 0 Å². The van der Waals surface area contributed by atoms with Gasteiger partial charge in [0.05, 0.1) is 12.8 Å². The number of nitrogens with zero attached hydrogens (tertiary/aromatic N) is 3. The topological polar surface area (TPSA) is 61.5 Å². The second-order valence-electron chi connectivity index (χ2n) is 5.18. The molecule has 6 nitrogen and oxygen atoms in total. The highest BCUT2D eigenvalue weighted by Crippen LogP contribution is 2.07. The number of amides is 1. The van der Waals surface area contributed by atoms with Crippen molar-refractivity contribution in [2.75, 3.05) is 46.4 Å². The Bertz CT molecular complexity index is 386. The molecule has 6 heteroatoms. The van der Waals surface area contributed by atoms with Crippen molar-refractivity contribution in [3.8, 4) is 0 Å². The number of methoxy groups -OCH3 is 1. The van der Waals surface area contributed by atoms with Gasteiger partial charge in [-0.2, -0.15) is 5.10 Å². The lowest BCUT2D eigenvalue weighted by atomic mass is 10.1. The van der Waals surface area contributed by atoms with E-state index in [-0.39, 0.29) is 5.91 Å². The molecule has 2 rings (SSSR count). The van der Waals surface area contributed by atoms with Gasteiger partial charge in [-0.15, -0.1) is 0 Å². The standard InChI is InChI=1S/C14H24N4O2/c1-20-10-9-17-5-7-18(8-6-17)14(19)4-2-3-13-11-15-16-12-13/h11-12H,2-10H2,1H3,(H,15,16). The number of piperazine rings is 1. The molecule has 1 amide bonds. The highest BCUT2D eigenvalue weighted by Gasteiger charge is 2.20. The molecule has 0 spiro atoms. The number of aryl methyl sites for hydroxylation is 1. The molecule has 0 aliphatic carbocycles. The average molecular weight is 280 g/mol. The van der Waals surface area contributed by atoms with Crippen LogP contribution in [0.2, 0.25) is 0 Å².